The van der Waals surface area contributed by atoms with Gasteiger partial charge < -0.3 is 10.2 Å². The Kier molecular flexibility index (Phi) is 11.9. The van der Waals surface area contributed by atoms with Gasteiger partial charge in [0.1, 0.15) is 12.6 Å². The molecule has 0 heterocycles. The minimum atomic E-state index is -4.25. The van der Waals surface area contributed by atoms with Gasteiger partial charge in [-0.05, 0) is 66.8 Å². The number of aryl methyl sites for hydroxylation is 2. The third-order valence-corrected chi connectivity index (χ3v) is 10.2. The van der Waals surface area contributed by atoms with E-state index in [2.05, 4.69) is 5.32 Å². The van der Waals surface area contributed by atoms with Crippen molar-refractivity contribution in [3.63, 3.8) is 0 Å². The first-order valence-corrected chi connectivity index (χ1v) is 17.3. The van der Waals surface area contributed by atoms with Gasteiger partial charge in [0.05, 0.1) is 20.6 Å². The standard InChI is InChI=1S/C36H39Cl2N3O4S/c1-25(2)22-39-36(43)34(20-28-11-6-5-7-12-28)40(23-29-13-9-8-10-27(29)4)35(42)24-41(30-16-19-32(37)33(38)21-30)46(44,45)31-17-14-26(3)15-18-31/h5-19,21,25,34H,20,22-24H2,1-4H3,(H,39,43). The van der Waals surface area contributed by atoms with Crippen LogP contribution in [0.15, 0.2) is 102 Å². The summed E-state index contributed by atoms with van der Waals surface area (Å²) in [5.74, 6) is -0.681. The van der Waals surface area contributed by atoms with Crippen LogP contribution in [0.25, 0.3) is 0 Å². The summed E-state index contributed by atoms with van der Waals surface area (Å²) in [5.41, 5.74) is 3.70. The third kappa shape index (κ3) is 8.90. The van der Waals surface area contributed by atoms with E-state index in [1.54, 1.807) is 12.1 Å². The maximum atomic E-state index is 14.6. The summed E-state index contributed by atoms with van der Waals surface area (Å²) in [6.45, 7) is 7.72. The van der Waals surface area contributed by atoms with Crippen LogP contribution in [0.2, 0.25) is 10.0 Å². The molecule has 242 valence electrons. The molecule has 0 bridgehead atoms. The van der Waals surface area contributed by atoms with E-state index in [4.69, 9.17) is 23.2 Å². The monoisotopic (exact) mass is 679 g/mol. The molecular weight excluding hydrogens is 641 g/mol. The molecule has 4 rings (SSSR count). The molecule has 0 aromatic heterocycles. The lowest BCUT2D eigenvalue weighted by molar-refractivity contribution is -0.140. The molecule has 1 unspecified atom stereocenters. The zero-order valence-corrected chi connectivity index (χ0v) is 28.7. The molecule has 0 aliphatic heterocycles. The predicted molar refractivity (Wildman–Crippen MR) is 186 cm³/mol. The lowest BCUT2D eigenvalue weighted by Crippen LogP contribution is -2.53. The number of carbonyl (C=O) groups excluding carboxylic acids is 2. The van der Waals surface area contributed by atoms with Gasteiger partial charge in [-0.25, -0.2) is 8.42 Å². The molecule has 4 aromatic carbocycles. The zero-order chi connectivity index (χ0) is 33.4. The van der Waals surface area contributed by atoms with Crippen molar-refractivity contribution in [1.29, 1.82) is 0 Å². The Balaban J connectivity index is 1.82. The number of anilines is 1. The first-order valence-electron chi connectivity index (χ1n) is 15.1. The molecule has 10 heteroatoms. The van der Waals surface area contributed by atoms with Gasteiger partial charge >= 0.3 is 0 Å². The Bertz CT molecular complexity index is 1760. The molecule has 0 aliphatic rings. The molecule has 0 saturated heterocycles. The van der Waals surface area contributed by atoms with Crippen molar-refractivity contribution in [2.75, 3.05) is 17.4 Å². The average Bonchev–Trinajstić information content (AvgIpc) is 3.03. The van der Waals surface area contributed by atoms with Gasteiger partial charge in [0, 0.05) is 19.5 Å². The largest absolute Gasteiger partial charge is 0.354 e. The number of benzene rings is 4. The van der Waals surface area contributed by atoms with E-state index in [1.165, 1.54) is 35.2 Å². The Morgan fingerprint density at radius 3 is 2.11 bits per heavy atom. The SMILES string of the molecule is Cc1ccc(S(=O)(=O)N(CC(=O)N(Cc2ccccc2C)C(Cc2ccccc2)C(=O)NCC(C)C)c2ccc(Cl)c(Cl)c2)cc1. The second-order valence-corrected chi connectivity index (χ2v) is 14.4. The highest BCUT2D eigenvalue weighted by Gasteiger charge is 2.35. The summed E-state index contributed by atoms with van der Waals surface area (Å²) in [4.78, 5) is 30.0. The fourth-order valence-corrected chi connectivity index (χ4v) is 6.65. The van der Waals surface area contributed by atoms with Crippen molar-refractivity contribution in [3.05, 3.63) is 129 Å². The number of nitrogens with zero attached hydrogens (tertiary/aromatic N) is 2. The molecule has 2 amide bonds. The van der Waals surface area contributed by atoms with Crippen molar-refractivity contribution >= 4 is 50.7 Å². The van der Waals surface area contributed by atoms with Crippen LogP contribution in [0, 0.1) is 19.8 Å². The predicted octanol–water partition coefficient (Wildman–Crippen LogP) is 7.22. The van der Waals surface area contributed by atoms with Crippen LogP contribution in [0.4, 0.5) is 5.69 Å². The summed E-state index contributed by atoms with van der Waals surface area (Å²) in [6, 6.07) is 27.0. The van der Waals surface area contributed by atoms with Crippen LogP contribution in [0.3, 0.4) is 0 Å². The van der Waals surface area contributed by atoms with Gasteiger partial charge in [0.2, 0.25) is 11.8 Å². The number of hydrogen-bond donors (Lipinski definition) is 1. The van der Waals surface area contributed by atoms with Gasteiger partial charge in [-0.3, -0.25) is 13.9 Å². The normalized spacial score (nSPS) is 12.1. The Hall–Kier alpha value is -3.85. The van der Waals surface area contributed by atoms with Crippen LogP contribution in [0.5, 0.6) is 0 Å². The highest BCUT2D eigenvalue weighted by atomic mass is 35.5. The second kappa shape index (κ2) is 15.6. The topological polar surface area (TPSA) is 86.8 Å². The van der Waals surface area contributed by atoms with Crippen LogP contribution in [0.1, 0.15) is 36.1 Å². The van der Waals surface area contributed by atoms with Crippen molar-refractivity contribution in [1.82, 2.24) is 10.2 Å². The Labute approximate surface area is 282 Å². The van der Waals surface area contributed by atoms with Gasteiger partial charge in [-0.1, -0.05) is 109 Å². The van der Waals surface area contributed by atoms with Crippen LogP contribution in [-0.4, -0.2) is 44.3 Å². The number of nitrogens with one attached hydrogen (secondary N) is 1. The van der Waals surface area contributed by atoms with E-state index < -0.39 is 28.5 Å². The molecule has 0 fully saturated rings. The average molecular weight is 681 g/mol. The second-order valence-electron chi connectivity index (χ2n) is 11.7. The molecular formula is C36H39Cl2N3O4S. The molecule has 7 nitrogen and oxygen atoms in total. The number of hydrogen-bond acceptors (Lipinski definition) is 4. The summed E-state index contributed by atoms with van der Waals surface area (Å²) >= 11 is 12.5. The number of amides is 2. The lowest BCUT2D eigenvalue weighted by Gasteiger charge is -2.34. The van der Waals surface area contributed by atoms with Crippen molar-refractivity contribution in [2.45, 2.75) is 51.6 Å². The maximum absolute atomic E-state index is 14.6. The molecule has 4 aromatic rings. The summed E-state index contributed by atoms with van der Waals surface area (Å²) in [5, 5.41) is 3.39. The fourth-order valence-electron chi connectivity index (χ4n) is 4.95. The summed E-state index contributed by atoms with van der Waals surface area (Å²) in [7, 11) is -4.25. The minimum Gasteiger partial charge on any atom is -0.354 e. The maximum Gasteiger partial charge on any atom is 0.264 e. The number of rotatable bonds is 13. The molecule has 0 radical (unpaired) electrons. The smallest absolute Gasteiger partial charge is 0.264 e. The van der Waals surface area contributed by atoms with Crippen molar-refractivity contribution < 1.29 is 18.0 Å². The summed E-state index contributed by atoms with van der Waals surface area (Å²) in [6.07, 6.45) is 0.236. The van der Waals surface area contributed by atoms with Gasteiger partial charge in [0.25, 0.3) is 10.0 Å². The Morgan fingerprint density at radius 1 is 0.826 bits per heavy atom. The number of sulfonamides is 1. The first-order chi connectivity index (χ1) is 21.9. The lowest BCUT2D eigenvalue weighted by atomic mass is 10.0. The van der Waals surface area contributed by atoms with Crippen LogP contribution < -0.4 is 9.62 Å². The van der Waals surface area contributed by atoms with Gasteiger partial charge in [0.15, 0.2) is 0 Å². The van der Waals surface area contributed by atoms with E-state index in [-0.39, 0.29) is 45.4 Å². The Morgan fingerprint density at radius 2 is 1.48 bits per heavy atom. The number of halogens is 2. The zero-order valence-electron chi connectivity index (χ0n) is 26.4. The highest BCUT2D eigenvalue weighted by Crippen LogP contribution is 2.31. The molecule has 0 spiro atoms. The van der Waals surface area contributed by atoms with Crippen molar-refractivity contribution in [2.24, 2.45) is 5.92 Å². The van der Waals surface area contributed by atoms with E-state index in [0.717, 1.165) is 26.6 Å². The quantitative estimate of drug-likeness (QED) is 0.162. The van der Waals surface area contributed by atoms with E-state index >= 15 is 0 Å². The third-order valence-electron chi connectivity index (χ3n) is 7.64. The van der Waals surface area contributed by atoms with Crippen LogP contribution in [-0.2, 0) is 32.6 Å². The molecule has 46 heavy (non-hydrogen) atoms. The van der Waals surface area contributed by atoms with Crippen molar-refractivity contribution in [3.8, 4) is 0 Å². The first kappa shape index (κ1) is 35.0. The molecule has 0 aliphatic carbocycles. The van der Waals surface area contributed by atoms with Crippen LogP contribution >= 0.6 is 23.2 Å². The van der Waals surface area contributed by atoms with E-state index in [0.29, 0.717) is 6.54 Å². The molecule has 1 N–H and O–H groups in total. The van der Waals surface area contributed by atoms with E-state index in [9.17, 15) is 18.0 Å². The fraction of sp³-hybridized carbons (Fsp3) is 0.278. The van der Waals surface area contributed by atoms with E-state index in [1.807, 2.05) is 82.3 Å². The summed E-state index contributed by atoms with van der Waals surface area (Å²) < 4.78 is 29.4. The minimum absolute atomic E-state index is 0.0120. The van der Waals surface area contributed by atoms with Gasteiger partial charge in [-0.2, -0.15) is 0 Å². The molecule has 0 saturated carbocycles. The molecule has 1 atom stereocenters. The highest BCUT2D eigenvalue weighted by molar-refractivity contribution is 7.92. The number of carbonyl (C=O) groups is 2. The van der Waals surface area contributed by atoms with Gasteiger partial charge in [-0.15, -0.1) is 0 Å².